The summed E-state index contributed by atoms with van der Waals surface area (Å²) in [6.45, 7) is 1.26. The van der Waals surface area contributed by atoms with Gasteiger partial charge < -0.3 is 15.2 Å². The zero-order chi connectivity index (χ0) is 18.1. The molecule has 0 heterocycles. The van der Waals surface area contributed by atoms with Crippen LogP contribution in [0.15, 0.2) is 53.6 Å². The number of hydrazone groups is 1. The van der Waals surface area contributed by atoms with Gasteiger partial charge in [-0.15, -0.1) is 0 Å². The molecule has 2 aromatic rings. The van der Waals surface area contributed by atoms with Gasteiger partial charge in [0, 0.05) is 5.69 Å². The molecule has 7 nitrogen and oxygen atoms in total. The molecule has 7 heteroatoms. The molecule has 0 aliphatic rings. The molecule has 130 valence electrons. The Morgan fingerprint density at radius 1 is 1.08 bits per heavy atom. The van der Waals surface area contributed by atoms with Gasteiger partial charge in [-0.3, -0.25) is 9.59 Å². The number of aliphatic hydroxyl groups is 1. The van der Waals surface area contributed by atoms with E-state index in [1.165, 1.54) is 6.21 Å². The zero-order valence-corrected chi connectivity index (χ0v) is 13.7. The number of nitrogens with one attached hydrogen (secondary N) is 2. The minimum atomic E-state index is -0.616. The highest BCUT2D eigenvalue weighted by atomic mass is 16.5. The van der Waals surface area contributed by atoms with Crippen molar-refractivity contribution in [2.45, 2.75) is 6.92 Å². The number of aryl methyl sites for hydroxylation is 1. The number of benzene rings is 2. The SMILES string of the molecule is Cc1ccc(NC(=O)COc2ccc(/C=N/NC(=O)CO)cc2)cc1. The molecule has 0 aliphatic heterocycles. The summed E-state index contributed by atoms with van der Waals surface area (Å²) in [5, 5.41) is 15.0. The predicted molar refractivity (Wildman–Crippen MR) is 94.6 cm³/mol. The summed E-state index contributed by atoms with van der Waals surface area (Å²) in [6, 6.07) is 14.3. The maximum absolute atomic E-state index is 11.9. The van der Waals surface area contributed by atoms with Gasteiger partial charge in [-0.05, 0) is 48.9 Å². The molecule has 0 unspecified atom stereocenters. The van der Waals surface area contributed by atoms with Crippen molar-refractivity contribution in [3.8, 4) is 5.75 Å². The van der Waals surface area contributed by atoms with Crippen molar-refractivity contribution >= 4 is 23.7 Å². The molecule has 2 aromatic carbocycles. The highest BCUT2D eigenvalue weighted by molar-refractivity contribution is 5.91. The van der Waals surface area contributed by atoms with Crippen LogP contribution in [0, 0.1) is 6.92 Å². The Morgan fingerprint density at radius 3 is 2.40 bits per heavy atom. The van der Waals surface area contributed by atoms with Crippen LogP contribution < -0.4 is 15.5 Å². The first-order chi connectivity index (χ1) is 12.1. The lowest BCUT2D eigenvalue weighted by atomic mass is 10.2. The number of hydrogen-bond acceptors (Lipinski definition) is 5. The van der Waals surface area contributed by atoms with E-state index in [1.54, 1.807) is 24.3 Å². The minimum Gasteiger partial charge on any atom is -0.484 e. The van der Waals surface area contributed by atoms with E-state index in [4.69, 9.17) is 9.84 Å². The number of aliphatic hydroxyl groups excluding tert-OH is 1. The number of amides is 2. The Bertz CT molecular complexity index is 740. The van der Waals surface area contributed by atoms with Crippen molar-refractivity contribution in [3.63, 3.8) is 0 Å². The maximum Gasteiger partial charge on any atom is 0.265 e. The molecule has 0 saturated heterocycles. The molecular formula is C18H19N3O4. The van der Waals surface area contributed by atoms with Crippen LogP contribution in [0.4, 0.5) is 5.69 Å². The van der Waals surface area contributed by atoms with Crippen molar-refractivity contribution in [2.75, 3.05) is 18.5 Å². The molecule has 0 bridgehead atoms. The average molecular weight is 341 g/mol. The summed E-state index contributed by atoms with van der Waals surface area (Å²) in [7, 11) is 0. The standard InChI is InChI=1S/C18H19N3O4/c1-13-2-6-15(7-3-13)20-18(24)12-25-16-8-4-14(5-9-16)10-19-21-17(23)11-22/h2-10,22H,11-12H2,1H3,(H,20,24)(H,21,23)/b19-10+. The molecule has 0 saturated carbocycles. The fourth-order valence-corrected chi connectivity index (χ4v) is 1.85. The first-order valence-corrected chi connectivity index (χ1v) is 7.59. The molecule has 0 aromatic heterocycles. The van der Waals surface area contributed by atoms with E-state index in [1.807, 2.05) is 31.2 Å². The summed E-state index contributed by atoms with van der Waals surface area (Å²) in [4.78, 5) is 22.7. The van der Waals surface area contributed by atoms with Crippen LogP contribution in [-0.2, 0) is 9.59 Å². The number of ether oxygens (including phenoxy) is 1. The molecular weight excluding hydrogens is 322 g/mol. The van der Waals surface area contributed by atoms with E-state index < -0.39 is 12.5 Å². The van der Waals surface area contributed by atoms with Gasteiger partial charge in [-0.1, -0.05) is 17.7 Å². The fourth-order valence-electron chi connectivity index (χ4n) is 1.85. The Labute approximate surface area is 145 Å². The van der Waals surface area contributed by atoms with E-state index in [-0.39, 0.29) is 12.5 Å². The lowest BCUT2D eigenvalue weighted by Gasteiger charge is -2.08. The molecule has 2 amide bonds. The Morgan fingerprint density at radius 2 is 1.76 bits per heavy atom. The van der Waals surface area contributed by atoms with Crippen LogP contribution >= 0.6 is 0 Å². The smallest absolute Gasteiger partial charge is 0.265 e. The first-order valence-electron chi connectivity index (χ1n) is 7.59. The second-order valence-corrected chi connectivity index (χ2v) is 5.22. The van der Waals surface area contributed by atoms with Crippen molar-refractivity contribution < 1.29 is 19.4 Å². The summed E-state index contributed by atoms with van der Waals surface area (Å²) >= 11 is 0. The summed E-state index contributed by atoms with van der Waals surface area (Å²) < 4.78 is 5.42. The van der Waals surface area contributed by atoms with Gasteiger partial charge in [0.25, 0.3) is 11.8 Å². The molecule has 0 radical (unpaired) electrons. The van der Waals surface area contributed by atoms with Gasteiger partial charge in [0.1, 0.15) is 12.4 Å². The quantitative estimate of drug-likeness (QED) is 0.524. The minimum absolute atomic E-state index is 0.103. The zero-order valence-electron chi connectivity index (χ0n) is 13.7. The Balaban J connectivity index is 1.79. The van der Waals surface area contributed by atoms with E-state index in [0.717, 1.165) is 16.8 Å². The van der Waals surface area contributed by atoms with Gasteiger partial charge in [0.2, 0.25) is 0 Å². The predicted octanol–water partition coefficient (Wildman–Crippen LogP) is 1.45. The normalized spacial score (nSPS) is 10.5. The Kier molecular flexibility index (Phi) is 6.67. The van der Waals surface area contributed by atoms with Crippen molar-refractivity contribution in [3.05, 3.63) is 59.7 Å². The van der Waals surface area contributed by atoms with Crippen LogP contribution in [0.5, 0.6) is 5.75 Å². The van der Waals surface area contributed by atoms with Crippen LogP contribution in [0.2, 0.25) is 0 Å². The van der Waals surface area contributed by atoms with E-state index in [2.05, 4.69) is 15.8 Å². The number of carbonyl (C=O) groups excluding carboxylic acids is 2. The third kappa shape index (κ3) is 6.44. The van der Waals surface area contributed by atoms with Crippen LogP contribution in [-0.4, -0.2) is 36.3 Å². The maximum atomic E-state index is 11.9. The van der Waals surface area contributed by atoms with E-state index >= 15 is 0 Å². The highest BCUT2D eigenvalue weighted by Gasteiger charge is 2.03. The van der Waals surface area contributed by atoms with Crippen molar-refractivity contribution in [2.24, 2.45) is 5.10 Å². The van der Waals surface area contributed by atoms with Crippen LogP contribution in [0.25, 0.3) is 0 Å². The number of nitrogens with zero attached hydrogens (tertiary/aromatic N) is 1. The van der Waals surface area contributed by atoms with Gasteiger partial charge in [0.05, 0.1) is 6.21 Å². The number of rotatable bonds is 7. The summed E-state index contributed by atoms with van der Waals surface area (Å²) in [5.41, 5.74) is 4.73. The van der Waals surface area contributed by atoms with Crippen LogP contribution in [0.3, 0.4) is 0 Å². The molecule has 0 atom stereocenters. The molecule has 3 N–H and O–H groups in total. The third-order valence-corrected chi connectivity index (χ3v) is 3.13. The van der Waals surface area contributed by atoms with Crippen molar-refractivity contribution in [1.82, 2.24) is 5.43 Å². The lowest BCUT2D eigenvalue weighted by Crippen LogP contribution is -2.20. The van der Waals surface area contributed by atoms with Gasteiger partial charge in [-0.25, -0.2) is 5.43 Å². The number of anilines is 1. The van der Waals surface area contributed by atoms with E-state index in [0.29, 0.717) is 5.75 Å². The Hall–Kier alpha value is -3.19. The topological polar surface area (TPSA) is 100 Å². The second-order valence-electron chi connectivity index (χ2n) is 5.22. The van der Waals surface area contributed by atoms with E-state index in [9.17, 15) is 9.59 Å². The lowest BCUT2D eigenvalue weighted by molar-refractivity contribution is -0.123. The fraction of sp³-hybridized carbons (Fsp3) is 0.167. The second kappa shape index (κ2) is 9.19. The summed E-state index contributed by atoms with van der Waals surface area (Å²) in [6.07, 6.45) is 1.43. The monoisotopic (exact) mass is 341 g/mol. The summed E-state index contributed by atoms with van der Waals surface area (Å²) in [5.74, 6) is -0.299. The van der Waals surface area contributed by atoms with Crippen LogP contribution in [0.1, 0.15) is 11.1 Å². The molecule has 2 rings (SSSR count). The highest BCUT2D eigenvalue weighted by Crippen LogP contribution is 2.12. The van der Waals surface area contributed by atoms with Crippen molar-refractivity contribution in [1.29, 1.82) is 0 Å². The molecule has 25 heavy (non-hydrogen) atoms. The van der Waals surface area contributed by atoms with Gasteiger partial charge in [0.15, 0.2) is 6.61 Å². The van der Waals surface area contributed by atoms with Gasteiger partial charge in [-0.2, -0.15) is 5.10 Å². The first kappa shape index (κ1) is 18.2. The average Bonchev–Trinajstić information content (AvgIpc) is 2.63. The molecule has 0 spiro atoms. The number of carbonyl (C=O) groups is 2. The largest absolute Gasteiger partial charge is 0.484 e. The third-order valence-electron chi connectivity index (χ3n) is 3.13. The number of hydrogen-bond donors (Lipinski definition) is 3. The van der Waals surface area contributed by atoms with Gasteiger partial charge >= 0.3 is 0 Å². The molecule has 0 fully saturated rings. The molecule has 0 aliphatic carbocycles.